The normalized spacial score (nSPS) is 15.7. The van der Waals surface area contributed by atoms with Gasteiger partial charge in [0.15, 0.2) is 0 Å². The number of likely N-dealkylation sites (tertiary alicyclic amines) is 1. The lowest BCUT2D eigenvalue weighted by Crippen LogP contribution is -2.35. The standard InChI is InChI=1S/C26H32F2N2O2/c1-18(2)10-13-32-21-6-7-26-22(14-21)19(15-29-11-8-20(31)9-12-29)16-30(26)17-23-24(27)4-3-5-25(23)28/h3-7,14,16,18,20,31H,8-13,15,17H2,1-2H3. The summed E-state index contributed by atoms with van der Waals surface area (Å²) in [6, 6.07) is 9.92. The van der Waals surface area contributed by atoms with Crippen LogP contribution in [-0.4, -0.2) is 40.4 Å². The lowest BCUT2D eigenvalue weighted by Gasteiger charge is -2.29. The summed E-state index contributed by atoms with van der Waals surface area (Å²) in [5.74, 6) is 0.308. The first kappa shape index (κ1) is 22.7. The highest BCUT2D eigenvalue weighted by molar-refractivity contribution is 5.85. The summed E-state index contributed by atoms with van der Waals surface area (Å²) in [6.07, 6.45) is 4.29. The monoisotopic (exact) mass is 442 g/mol. The smallest absolute Gasteiger partial charge is 0.131 e. The second kappa shape index (κ2) is 10.0. The van der Waals surface area contributed by atoms with Crippen molar-refractivity contribution in [1.29, 1.82) is 0 Å². The number of benzene rings is 2. The zero-order valence-corrected chi connectivity index (χ0v) is 18.9. The molecule has 3 aromatic rings. The molecule has 1 aliphatic heterocycles. The van der Waals surface area contributed by atoms with Crippen molar-refractivity contribution in [3.05, 3.63) is 65.4 Å². The van der Waals surface area contributed by atoms with E-state index in [0.29, 0.717) is 12.5 Å². The highest BCUT2D eigenvalue weighted by Gasteiger charge is 2.20. The van der Waals surface area contributed by atoms with Crippen LogP contribution in [0.4, 0.5) is 8.78 Å². The van der Waals surface area contributed by atoms with E-state index in [1.807, 2.05) is 29.0 Å². The van der Waals surface area contributed by atoms with Gasteiger partial charge in [0.2, 0.25) is 0 Å². The Balaban J connectivity index is 1.65. The number of hydrogen-bond donors (Lipinski definition) is 1. The number of aliphatic hydroxyl groups is 1. The van der Waals surface area contributed by atoms with Crippen LogP contribution in [0, 0.1) is 17.6 Å². The second-order valence-electron chi connectivity index (χ2n) is 9.20. The molecule has 0 aliphatic carbocycles. The van der Waals surface area contributed by atoms with E-state index in [0.717, 1.165) is 61.1 Å². The highest BCUT2D eigenvalue weighted by Crippen LogP contribution is 2.29. The molecular weight excluding hydrogens is 410 g/mol. The number of ether oxygens (including phenoxy) is 1. The molecule has 0 unspecified atom stereocenters. The first-order valence-corrected chi connectivity index (χ1v) is 11.5. The summed E-state index contributed by atoms with van der Waals surface area (Å²) >= 11 is 0. The van der Waals surface area contributed by atoms with Crippen LogP contribution in [0.5, 0.6) is 5.75 Å². The summed E-state index contributed by atoms with van der Waals surface area (Å²) in [6.45, 7) is 7.52. The Kier molecular flexibility index (Phi) is 7.11. The first-order valence-electron chi connectivity index (χ1n) is 11.5. The maximum Gasteiger partial charge on any atom is 0.131 e. The van der Waals surface area contributed by atoms with Gasteiger partial charge in [-0.3, -0.25) is 4.90 Å². The summed E-state index contributed by atoms with van der Waals surface area (Å²) in [7, 11) is 0. The van der Waals surface area contributed by atoms with Crippen molar-refractivity contribution < 1.29 is 18.6 Å². The number of aromatic nitrogens is 1. The average molecular weight is 443 g/mol. The summed E-state index contributed by atoms with van der Waals surface area (Å²) in [5.41, 5.74) is 2.09. The van der Waals surface area contributed by atoms with Gasteiger partial charge >= 0.3 is 0 Å². The quantitative estimate of drug-likeness (QED) is 0.511. The molecular formula is C26H32F2N2O2. The third-order valence-electron chi connectivity index (χ3n) is 6.24. The van der Waals surface area contributed by atoms with E-state index >= 15 is 0 Å². The molecule has 1 N–H and O–H groups in total. The number of aliphatic hydroxyl groups excluding tert-OH is 1. The zero-order chi connectivity index (χ0) is 22.7. The number of hydrogen-bond acceptors (Lipinski definition) is 3. The molecule has 4 nitrogen and oxygen atoms in total. The Morgan fingerprint density at radius 1 is 1.06 bits per heavy atom. The molecule has 1 saturated heterocycles. The minimum absolute atomic E-state index is 0.0642. The van der Waals surface area contributed by atoms with Crippen LogP contribution < -0.4 is 4.74 Å². The molecule has 32 heavy (non-hydrogen) atoms. The Hall–Kier alpha value is -2.44. The van der Waals surface area contributed by atoms with Gasteiger partial charge in [0.25, 0.3) is 0 Å². The van der Waals surface area contributed by atoms with Gasteiger partial charge in [0, 0.05) is 42.3 Å². The predicted molar refractivity (Wildman–Crippen MR) is 123 cm³/mol. The van der Waals surface area contributed by atoms with E-state index in [1.54, 1.807) is 0 Å². The van der Waals surface area contributed by atoms with E-state index in [9.17, 15) is 13.9 Å². The molecule has 2 aromatic carbocycles. The molecule has 6 heteroatoms. The molecule has 0 saturated carbocycles. The van der Waals surface area contributed by atoms with Crippen LogP contribution in [0.15, 0.2) is 42.6 Å². The topological polar surface area (TPSA) is 37.6 Å². The summed E-state index contributed by atoms with van der Waals surface area (Å²) in [5, 5.41) is 10.9. The molecule has 0 spiro atoms. The van der Waals surface area contributed by atoms with Crippen LogP contribution in [0.25, 0.3) is 10.9 Å². The van der Waals surface area contributed by atoms with Gasteiger partial charge in [0.05, 0.1) is 19.3 Å². The van der Waals surface area contributed by atoms with Gasteiger partial charge in [-0.1, -0.05) is 19.9 Å². The highest BCUT2D eigenvalue weighted by atomic mass is 19.1. The van der Waals surface area contributed by atoms with Crippen molar-refractivity contribution in [2.45, 2.75) is 52.3 Å². The number of fused-ring (bicyclic) bond motifs is 1. The number of nitrogens with zero attached hydrogens (tertiary/aromatic N) is 2. The Morgan fingerprint density at radius 2 is 1.78 bits per heavy atom. The van der Waals surface area contributed by atoms with E-state index in [-0.39, 0.29) is 18.2 Å². The van der Waals surface area contributed by atoms with Crippen molar-refractivity contribution in [2.24, 2.45) is 5.92 Å². The molecule has 2 heterocycles. The minimum atomic E-state index is -0.535. The maximum absolute atomic E-state index is 14.3. The molecule has 1 aromatic heterocycles. The van der Waals surface area contributed by atoms with Crippen LogP contribution in [0.1, 0.15) is 44.2 Å². The first-order chi connectivity index (χ1) is 15.4. The lowest BCUT2D eigenvalue weighted by atomic mass is 10.1. The zero-order valence-electron chi connectivity index (χ0n) is 18.9. The lowest BCUT2D eigenvalue weighted by molar-refractivity contribution is 0.0794. The predicted octanol–water partition coefficient (Wildman–Crippen LogP) is 5.35. The van der Waals surface area contributed by atoms with E-state index in [1.165, 1.54) is 18.2 Å². The minimum Gasteiger partial charge on any atom is -0.494 e. The molecule has 0 bridgehead atoms. The number of rotatable bonds is 8. The Morgan fingerprint density at radius 3 is 2.47 bits per heavy atom. The number of halogens is 2. The second-order valence-corrected chi connectivity index (χ2v) is 9.20. The molecule has 1 aliphatic rings. The Labute approximate surface area is 188 Å². The summed E-state index contributed by atoms with van der Waals surface area (Å²) < 4.78 is 36.5. The van der Waals surface area contributed by atoms with E-state index in [2.05, 4.69) is 18.7 Å². The fourth-order valence-corrected chi connectivity index (χ4v) is 4.28. The van der Waals surface area contributed by atoms with Crippen molar-refractivity contribution in [1.82, 2.24) is 9.47 Å². The SMILES string of the molecule is CC(C)CCOc1ccc2c(c1)c(CN1CCC(O)CC1)cn2Cc1c(F)cccc1F. The van der Waals surface area contributed by atoms with Crippen LogP contribution in [0.3, 0.4) is 0 Å². The van der Waals surface area contributed by atoms with Crippen LogP contribution in [0.2, 0.25) is 0 Å². The van der Waals surface area contributed by atoms with E-state index in [4.69, 9.17) is 4.74 Å². The fourth-order valence-electron chi connectivity index (χ4n) is 4.28. The third-order valence-corrected chi connectivity index (χ3v) is 6.24. The largest absolute Gasteiger partial charge is 0.494 e. The van der Waals surface area contributed by atoms with E-state index < -0.39 is 11.6 Å². The fraction of sp³-hybridized carbons (Fsp3) is 0.462. The molecule has 0 amide bonds. The van der Waals surface area contributed by atoms with Gasteiger partial charge in [0.1, 0.15) is 17.4 Å². The van der Waals surface area contributed by atoms with Crippen LogP contribution >= 0.6 is 0 Å². The average Bonchev–Trinajstić information content (AvgIpc) is 3.09. The molecule has 0 atom stereocenters. The molecule has 0 radical (unpaired) electrons. The van der Waals surface area contributed by atoms with Crippen molar-refractivity contribution >= 4 is 10.9 Å². The van der Waals surface area contributed by atoms with Gasteiger partial charge in [-0.2, -0.15) is 0 Å². The molecule has 4 rings (SSSR count). The molecule has 1 fully saturated rings. The van der Waals surface area contributed by atoms with Crippen molar-refractivity contribution in [2.75, 3.05) is 19.7 Å². The van der Waals surface area contributed by atoms with Crippen molar-refractivity contribution in [3.8, 4) is 5.75 Å². The third kappa shape index (κ3) is 5.30. The van der Waals surface area contributed by atoms with Gasteiger partial charge in [-0.05, 0) is 61.1 Å². The van der Waals surface area contributed by atoms with Gasteiger partial charge in [-0.25, -0.2) is 8.78 Å². The van der Waals surface area contributed by atoms with Gasteiger partial charge < -0.3 is 14.4 Å². The molecule has 172 valence electrons. The maximum atomic E-state index is 14.3. The Bertz CT molecular complexity index is 1040. The van der Waals surface area contributed by atoms with Gasteiger partial charge in [-0.15, -0.1) is 0 Å². The number of piperidine rings is 1. The van der Waals surface area contributed by atoms with Crippen molar-refractivity contribution in [3.63, 3.8) is 0 Å². The van der Waals surface area contributed by atoms with Crippen LogP contribution in [-0.2, 0) is 13.1 Å². The summed E-state index contributed by atoms with van der Waals surface area (Å²) in [4.78, 5) is 2.32.